The number of carbonyl (C=O) groups is 1. The number of nitrogens with one attached hydrogen (secondary N) is 1. The lowest BCUT2D eigenvalue weighted by atomic mass is 10.1. The van der Waals surface area contributed by atoms with E-state index in [0.717, 1.165) is 11.3 Å². The molecule has 0 aliphatic carbocycles. The van der Waals surface area contributed by atoms with Gasteiger partial charge in [-0.1, -0.05) is 24.6 Å². The zero-order chi connectivity index (χ0) is 13.8. The predicted molar refractivity (Wildman–Crippen MR) is 80.7 cm³/mol. The third-order valence-electron chi connectivity index (χ3n) is 2.86. The van der Waals surface area contributed by atoms with E-state index in [-0.39, 0.29) is 11.9 Å². The number of amides is 1. The molecular formula is C14H15ClN2OS. The second-order valence-corrected chi connectivity index (χ2v) is 5.60. The largest absolute Gasteiger partial charge is 0.398 e. The van der Waals surface area contributed by atoms with Gasteiger partial charge in [0.25, 0.3) is 5.91 Å². The molecule has 1 unspecified atom stereocenters. The van der Waals surface area contributed by atoms with Crippen LogP contribution in [0, 0.1) is 0 Å². The summed E-state index contributed by atoms with van der Waals surface area (Å²) in [4.78, 5) is 13.4. The number of halogens is 1. The monoisotopic (exact) mass is 294 g/mol. The van der Waals surface area contributed by atoms with Crippen LogP contribution in [0.1, 0.15) is 34.6 Å². The van der Waals surface area contributed by atoms with Gasteiger partial charge >= 0.3 is 0 Å². The summed E-state index contributed by atoms with van der Waals surface area (Å²) in [5.41, 5.74) is 6.67. The predicted octanol–water partition coefficient (Wildman–Crippen LogP) is 3.86. The van der Waals surface area contributed by atoms with Gasteiger partial charge in [0.1, 0.15) is 0 Å². The number of thiophene rings is 1. The minimum absolute atomic E-state index is 0.0163. The number of nitrogen functional groups attached to an aromatic ring is 1. The topological polar surface area (TPSA) is 55.1 Å². The van der Waals surface area contributed by atoms with E-state index in [4.69, 9.17) is 17.3 Å². The molecular weight excluding hydrogens is 280 g/mol. The lowest BCUT2D eigenvalue weighted by Gasteiger charge is -2.16. The maximum atomic E-state index is 12.2. The second kappa shape index (κ2) is 6.08. The molecule has 0 aliphatic heterocycles. The third kappa shape index (κ3) is 3.28. The van der Waals surface area contributed by atoms with Crippen molar-refractivity contribution in [1.82, 2.24) is 5.32 Å². The van der Waals surface area contributed by atoms with Crippen molar-refractivity contribution in [3.63, 3.8) is 0 Å². The summed E-state index contributed by atoms with van der Waals surface area (Å²) in [7, 11) is 0. The first-order chi connectivity index (χ1) is 9.11. The van der Waals surface area contributed by atoms with Crippen molar-refractivity contribution in [1.29, 1.82) is 0 Å². The molecule has 2 aromatic rings. The normalized spacial score (nSPS) is 12.1. The first-order valence-electron chi connectivity index (χ1n) is 6.01. The van der Waals surface area contributed by atoms with Crippen molar-refractivity contribution in [2.24, 2.45) is 0 Å². The van der Waals surface area contributed by atoms with Gasteiger partial charge in [-0.05, 0) is 36.1 Å². The Balaban J connectivity index is 2.16. The van der Waals surface area contributed by atoms with Gasteiger partial charge in [-0.2, -0.15) is 0 Å². The number of hydrogen-bond donors (Lipinski definition) is 2. The highest BCUT2D eigenvalue weighted by Crippen LogP contribution is 2.23. The van der Waals surface area contributed by atoms with Crippen molar-refractivity contribution < 1.29 is 4.79 Å². The fourth-order valence-electron chi connectivity index (χ4n) is 1.84. The molecule has 2 rings (SSSR count). The van der Waals surface area contributed by atoms with Gasteiger partial charge in [0, 0.05) is 15.6 Å². The molecule has 3 nitrogen and oxygen atoms in total. The molecule has 0 spiro atoms. The molecule has 5 heteroatoms. The van der Waals surface area contributed by atoms with Gasteiger partial charge in [0.2, 0.25) is 0 Å². The van der Waals surface area contributed by atoms with Crippen LogP contribution in [0.2, 0.25) is 5.02 Å². The molecule has 100 valence electrons. The van der Waals surface area contributed by atoms with Crippen LogP contribution in [0.25, 0.3) is 0 Å². The summed E-state index contributed by atoms with van der Waals surface area (Å²) >= 11 is 7.46. The van der Waals surface area contributed by atoms with Crippen LogP contribution in [0.5, 0.6) is 0 Å². The molecule has 0 saturated heterocycles. The first-order valence-corrected chi connectivity index (χ1v) is 7.27. The first kappa shape index (κ1) is 13.9. The van der Waals surface area contributed by atoms with Crippen LogP contribution in [0.4, 0.5) is 5.69 Å². The highest BCUT2D eigenvalue weighted by Gasteiger charge is 2.16. The van der Waals surface area contributed by atoms with Crippen LogP contribution in [-0.4, -0.2) is 5.91 Å². The van der Waals surface area contributed by atoms with Crippen LogP contribution >= 0.6 is 22.9 Å². The minimum atomic E-state index is -0.172. The Morgan fingerprint density at radius 3 is 2.84 bits per heavy atom. The molecule has 0 saturated carbocycles. The van der Waals surface area contributed by atoms with Crippen molar-refractivity contribution in [2.75, 3.05) is 5.73 Å². The lowest BCUT2D eigenvalue weighted by molar-refractivity contribution is 0.0937. The van der Waals surface area contributed by atoms with Gasteiger partial charge in [-0.3, -0.25) is 4.79 Å². The van der Waals surface area contributed by atoms with E-state index in [9.17, 15) is 4.79 Å². The Bertz CT molecular complexity index is 569. The maximum absolute atomic E-state index is 12.2. The van der Waals surface area contributed by atoms with E-state index >= 15 is 0 Å². The molecule has 0 fully saturated rings. The molecule has 0 aliphatic rings. The molecule has 1 heterocycles. The molecule has 3 N–H and O–H groups in total. The van der Waals surface area contributed by atoms with E-state index in [2.05, 4.69) is 5.32 Å². The van der Waals surface area contributed by atoms with Crippen molar-refractivity contribution >= 4 is 34.5 Å². The quantitative estimate of drug-likeness (QED) is 0.841. The number of benzene rings is 1. The second-order valence-electron chi connectivity index (χ2n) is 4.18. The van der Waals surface area contributed by atoms with E-state index in [0.29, 0.717) is 16.3 Å². The average molecular weight is 295 g/mol. The Morgan fingerprint density at radius 2 is 2.26 bits per heavy atom. The fourth-order valence-corrected chi connectivity index (χ4v) is 2.88. The smallest absolute Gasteiger partial charge is 0.253 e. The lowest BCUT2D eigenvalue weighted by Crippen LogP contribution is -2.28. The molecule has 1 amide bonds. The van der Waals surface area contributed by atoms with Crippen molar-refractivity contribution in [3.05, 3.63) is 51.2 Å². The van der Waals surface area contributed by atoms with Crippen molar-refractivity contribution in [2.45, 2.75) is 19.4 Å². The average Bonchev–Trinajstić information content (AvgIpc) is 2.89. The van der Waals surface area contributed by atoms with Gasteiger partial charge in [0.05, 0.1) is 11.6 Å². The van der Waals surface area contributed by atoms with E-state index < -0.39 is 0 Å². The fraction of sp³-hybridized carbons (Fsp3) is 0.214. The molecule has 1 aromatic heterocycles. The minimum Gasteiger partial charge on any atom is -0.398 e. The number of hydrogen-bond acceptors (Lipinski definition) is 3. The SMILES string of the molecule is CCC(NC(=O)c1ccc(Cl)cc1N)c1cccs1. The number of rotatable bonds is 4. The summed E-state index contributed by atoms with van der Waals surface area (Å²) < 4.78 is 0. The standard InChI is InChI=1S/C14H15ClN2OS/c1-2-12(13-4-3-7-19-13)17-14(18)10-6-5-9(15)8-11(10)16/h3-8,12H,2,16H2,1H3,(H,17,18). The highest BCUT2D eigenvalue weighted by molar-refractivity contribution is 7.10. The third-order valence-corrected chi connectivity index (χ3v) is 4.08. The summed E-state index contributed by atoms with van der Waals surface area (Å²) in [5.74, 6) is -0.172. The van der Waals surface area contributed by atoms with Gasteiger partial charge < -0.3 is 11.1 Å². The molecule has 19 heavy (non-hydrogen) atoms. The van der Waals surface area contributed by atoms with Gasteiger partial charge in [0.15, 0.2) is 0 Å². The number of nitrogens with two attached hydrogens (primary N) is 1. The van der Waals surface area contributed by atoms with Crippen LogP contribution in [0.15, 0.2) is 35.7 Å². The van der Waals surface area contributed by atoms with E-state index in [1.807, 2.05) is 24.4 Å². The summed E-state index contributed by atoms with van der Waals surface area (Å²) in [6.07, 6.45) is 0.833. The molecule has 1 aromatic carbocycles. The Morgan fingerprint density at radius 1 is 1.47 bits per heavy atom. The Hall–Kier alpha value is -1.52. The van der Waals surface area contributed by atoms with Crippen LogP contribution in [0.3, 0.4) is 0 Å². The van der Waals surface area contributed by atoms with E-state index in [1.54, 1.807) is 29.5 Å². The Labute approximate surface area is 121 Å². The number of carbonyl (C=O) groups excluding carboxylic acids is 1. The summed E-state index contributed by atoms with van der Waals surface area (Å²) in [6, 6.07) is 8.91. The van der Waals surface area contributed by atoms with Crippen LogP contribution < -0.4 is 11.1 Å². The molecule has 0 bridgehead atoms. The Kier molecular flexibility index (Phi) is 4.45. The highest BCUT2D eigenvalue weighted by atomic mass is 35.5. The van der Waals surface area contributed by atoms with E-state index in [1.165, 1.54) is 0 Å². The van der Waals surface area contributed by atoms with Crippen LogP contribution in [-0.2, 0) is 0 Å². The summed E-state index contributed by atoms with van der Waals surface area (Å²) in [6.45, 7) is 2.04. The molecule has 1 atom stereocenters. The van der Waals surface area contributed by atoms with Gasteiger partial charge in [-0.25, -0.2) is 0 Å². The maximum Gasteiger partial charge on any atom is 0.253 e. The summed E-state index contributed by atoms with van der Waals surface area (Å²) in [5, 5.41) is 5.52. The zero-order valence-electron chi connectivity index (χ0n) is 10.5. The molecule has 0 radical (unpaired) electrons. The van der Waals surface area contributed by atoms with Gasteiger partial charge in [-0.15, -0.1) is 11.3 Å². The zero-order valence-corrected chi connectivity index (χ0v) is 12.1. The number of anilines is 1. The van der Waals surface area contributed by atoms with Crippen molar-refractivity contribution in [3.8, 4) is 0 Å².